The second-order valence-electron chi connectivity index (χ2n) is 4.06. The Morgan fingerprint density at radius 1 is 1.31 bits per heavy atom. The zero-order chi connectivity index (χ0) is 11.6. The van der Waals surface area contributed by atoms with E-state index in [1.54, 1.807) is 0 Å². The van der Waals surface area contributed by atoms with Gasteiger partial charge in [-0.2, -0.15) is 0 Å². The Balaban J connectivity index is 0.00000225. The first kappa shape index (κ1) is 15.1. The molecule has 1 aromatic carbocycles. The van der Waals surface area contributed by atoms with Crippen molar-refractivity contribution < 1.29 is 13.9 Å². The molecule has 0 spiro atoms. The van der Waals surface area contributed by atoms with Crippen LogP contribution < -0.4 is 5.73 Å². The number of hydrogen-bond donors (Lipinski definition) is 2. The van der Waals surface area contributed by atoms with Crippen molar-refractivity contribution in [3.05, 3.63) is 29.3 Å². The summed E-state index contributed by atoms with van der Waals surface area (Å²) >= 11 is 0. The van der Waals surface area contributed by atoms with E-state index in [2.05, 4.69) is 0 Å². The van der Waals surface area contributed by atoms with E-state index >= 15 is 0 Å². The second-order valence-corrected chi connectivity index (χ2v) is 4.06. The molecule has 1 rings (SSSR count). The molecule has 0 aliphatic rings. The zero-order valence-electron chi connectivity index (χ0n) is 9.21. The minimum atomic E-state index is -0.800. The molecule has 3 N–H and O–H groups in total. The molecule has 0 saturated heterocycles. The molecule has 0 heterocycles. The van der Waals surface area contributed by atoms with E-state index in [4.69, 9.17) is 5.73 Å². The Morgan fingerprint density at radius 3 is 2.31 bits per heavy atom. The Morgan fingerprint density at radius 2 is 1.88 bits per heavy atom. The van der Waals surface area contributed by atoms with Crippen LogP contribution in [0.3, 0.4) is 0 Å². The topological polar surface area (TPSA) is 46.2 Å². The van der Waals surface area contributed by atoms with E-state index in [-0.39, 0.29) is 23.9 Å². The van der Waals surface area contributed by atoms with Crippen LogP contribution in [0.15, 0.2) is 12.1 Å². The number of rotatable bonds is 3. The minimum Gasteiger partial charge on any atom is -0.507 e. The average Bonchev–Trinajstić information content (AvgIpc) is 1.99. The first-order valence-corrected chi connectivity index (χ1v) is 4.85. The molecule has 0 radical (unpaired) electrons. The van der Waals surface area contributed by atoms with Crippen molar-refractivity contribution >= 4 is 12.4 Å². The number of phenolic OH excluding ortho intramolecular Hbond substituents is 1. The van der Waals surface area contributed by atoms with Crippen molar-refractivity contribution in [1.29, 1.82) is 0 Å². The predicted molar refractivity (Wildman–Crippen MR) is 61.7 cm³/mol. The van der Waals surface area contributed by atoms with Gasteiger partial charge in [0.15, 0.2) is 0 Å². The Labute approximate surface area is 99.9 Å². The van der Waals surface area contributed by atoms with Crippen molar-refractivity contribution in [3.8, 4) is 5.75 Å². The molecular formula is C11H16ClF2NO. The lowest BCUT2D eigenvalue weighted by atomic mass is 9.96. The molecule has 92 valence electrons. The highest BCUT2D eigenvalue weighted by molar-refractivity contribution is 5.85. The van der Waals surface area contributed by atoms with Crippen LogP contribution in [0.4, 0.5) is 8.78 Å². The molecule has 0 fully saturated rings. The van der Waals surface area contributed by atoms with Crippen LogP contribution in [-0.2, 0) is 0 Å². The fourth-order valence-electron chi connectivity index (χ4n) is 1.56. The van der Waals surface area contributed by atoms with Gasteiger partial charge < -0.3 is 10.8 Å². The maximum atomic E-state index is 13.3. The van der Waals surface area contributed by atoms with Gasteiger partial charge in [0.05, 0.1) is 0 Å². The number of aromatic hydroxyl groups is 1. The van der Waals surface area contributed by atoms with Crippen molar-refractivity contribution in [2.24, 2.45) is 11.7 Å². The number of benzene rings is 1. The molecule has 0 aliphatic heterocycles. The quantitative estimate of drug-likeness (QED) is 0.867. The summed E-state index contributed by atoms with van der Waals surface area (Å²) in [7, 11) is 0. The maximum absolute atomic E-state index is 13.3. The standard InChI is InChI=1S/C11H15F2NO.ClH/c1-6(2)3-9(14)11-8(13)4-7(12)5-10(11)15;/h4-6,9,15H,3,14H2,1-2H3;1H/t9-;/m1./s1. The first-order valence-electron chi connectivity index (χ1n) is 4.85. The molecule has 0 aliphatic carbocycles. The van der Waals surface area contributed by atoms with E-state index < -0.39 is 23.4 Å². The van der Waals surface area contributed by atoms with E-state index in [0.29, 0.717) is 6.42 Å². The summed E-state index contributed by atoms with van der Waals surface area (Å²) in [5.41, 5.74) is 5.72. The van der Waals surface area contributed by atoms with Crippen molar-refractivity contribution in [1.82, 2.24) is 0 Å². The Kier molecular flexibility index (Phi) is 5.68. The number of hydrogen-bond acceptors (Lipinski definition) is 2. The lowest BCUT2D eigenvalue weighted by molar-refractivity contribution is 0.423. The van der Waals surface area contributed by atoms with Gasteiger partial charge in [-0.3, -0.25) is 0 Å². The predicted octanol–water partition coefficient (Wildman–Crippen LogP) is 3.14. The van der Waals surface area contributed by atoms with Gasteiger partial charge in [0.2, 0.25) is 0 Å². The average molecular weight is 252 g/mol. The number of nitrogens with two attached hydrogens (primary N) is 1. The van der Waals surface area contributed by atoms with Gasteiger partial charge in [-0.15, -0.1) is 12.4 Å². The van der Waals surface area contributed by atoms with Crippen molar-refractivity contribution in [3.63, 3.8) is 0 Å². The molecule has 0 unspecified atom stereocenters. The van der Waals surface area contributed by atoms with Crippen LogP contribution in [0, 0.1) is 17.6 Å². The van der Waals surface area contributed by atoms with E-state index in [1.807, 2.05) is 13.8 Å². The minimum absolute atomic E-state index is 0. The molecule has 2 nitrogen and oxygen atoms in total. The summed E-state index contributed by atoms with van der Waals surface area (Å²) in [4.78, 5) is 0. The van der Waals surface area contributed by atoms with Gasteiger partial charge in [0.25, 0.3) is 0 Å². The number of halogens is 3. The van der Waals surface area contributed by atoms with Crippen molar-refractivity contribution in [2.45, 2.75) is 26.3 Å². The van der Waals surface area contributed by atoms with Gasteiger partial charge >= 0.3 is 0 Å². The Hall–Kier alpha value is -0.870. The third kappa shape index (κ3) is 3.61. The lowest BCUT2D eigenvalue weighted by Gasteiger charge is -2.16. The summed E-state index contributed by atoms with van der Waals surface area (Å²) in [5, 5.41) is 9.40. The smallest absolute Gasteiger partial charge is 0.134 e. The van der Waals surface area contributed by atoms with E-state index in [0.717, 1.165) is 12.1 Å². The van der Waals surface area contributed by atoms with E-state index in [9.17, 15) is 13.9 Å². The monoisotopic (exact) mass is 251 g/mol. The van der Waals surface area contributed by atoms with Crippen LogP contribution in [0.25, 0.3) is 0 Å². The van der Waals surface area contributed by atoms with Gasteiger partial charge in [-0.25, -0.2) is 8.78 Å². The largest absolute Gasteiger partial charge is 0.507 e. The van der Waals surface area contributed by atoms with Gasteiger partial charge in [0, 0.05) is 23.7 Å². The van der Waals surface area contributed by atoms with Crippen LogP contribution >= 0.6 is 12.4 Å². The summed E-state index contributed by atoms with van der Waals surface area (Å²) in [5.74, 6) is -1.73. The first-order chi connectivity index (χ1) is 6.91. The fraction of sp³-hybridized carbons (Fsp3) is 0.455. The van der Waals surface area contributed by atoms with Crippen LogP contribution in [0.5, 0.6) is 5.75 Å². The second kappa shape index (κ2) is 6.01. The summed E-state index contributed by atoms with van der Waals surface area (Å²) in [6.45, 7) is 3.89. The Bertz CT molecular complexity index is 335. The van der Waals surface area contributed by atoms with Gasteiger partial charge in [0.1, 0.15) is 17.4 Å². The third-order valence-electron chi connectivity index (χ3n) is 2.17. The molecule has 0 amide bonds. The molecular weight excluding hydrogens is 236 g/mol. The van der Waals surface area contributed by atoms with Crippen molar-refractivity contribution in [2.75, 3.05) is 0 Å². The summed E-state index contributed by atoms with van der Waals surface area (Å²) in [6.07, 6.45) is 0.538. The SMILES string of the molecule is CC(C)C[C@@H](N)c1c(O)cc(F)cc1F.Cl. The molecule has 0 aromatic heterocycles. The lowest BCUT2D eigenvalue weighted by Crippen LogP contribution is -2.15. The summed E-state index contributed by atoms with van der Waals surface area (Å²) in [6, 6.07) is 0.999. The molecule has 0 bridgehead atoms. The van der Waals surface area contributed by atoms with E-state index in [1.165, 1.54) is 0 Å². The highest BCUT2D eigenvalue weighted by atomic mass is 35.5. The van der Waals surface area contributed by atoms with Gasteiger partial charge in [-0.05, 0) is 12.3 Å². The molecule has 1 atom stereocenters. The third-order valence-corrected chi connectivity index (χ3v) is 2.17. The molecule has 16 heavy (non-hydrogen) atoms. The molecule has 1 aromatic rings. The molecule has 5 heteroatoms. The maximum Gasteiger partial charge on any atom is 0.134 e. The summed E-state index contributed by atoms with van der Waals surface area (Å²) < 4.78 is 26.0. The normalized spacial score (nSPS) is 12.4. The van der Waals surface area contributed by atoms with Crippen LogP contribution in [-0.4, -0.2) is 5.11 Å². The highest BCUT2D eigenvalue weighted by Gasteiger charge is 2.18. The number of phenols is 1. The fourth-order valence-corrected chi connectivity index (χ4v) is 1.56. The molecule has 0 saturated carbocycles. The zero-order valence-corrected chi connectivity index (χ0v) is 10.0. The highest BCUT2D eigenvalue weighted by Crippen LogP contribution is 2.30. The van der Waals surface area contributed by atoms with Crippen LogP contribution in [0.1, 0.15) is 31.9 Å². The van der Waals surface area contributed by atoms with Crippen LogP contribution in [0.2, 0.25) is 0 Å². The van der Waals surface area contributed by atoms with Gasteiger partial charge in [-0.1, -0.05) is 13.8 Å².